The molecule has 0 saturated heterocycles. The molecule has 2 aliphatic heterocycles. The van der Waals surface area contributed by atoms with Crippen molar-refractivity contribution in [2.24, 2.45) is 0 Å². The number of benzene rings is 2. The zero-order valence-corrected chi connectivity index (χ0v) is 18.0. The van der Waals surface area contributed by atoms with Crippen LogP contribution in [-0.2, 0) is 30.7 Å². The number of fused-ring (bicyclic) bond motifs is 2. The SMILES string of the molecule is CN(C)S(=O)(=O)c1cc2c(c(Cl)c1Cl)OC(C(=O)OC1OC(=O)c3ccccc31)C2. The van der Waals surface area contributed by atoms with Crippen molar-refractivity contribution in [2.75, 3.05) is 14.1 Å². The molecule has 158 valence electrons. The molecule has 0 radical (unpaired) electrons. The molecule has 0 N–H and O–H groups in total. The minimum Gasteiger partial charge on any atom is -0.476 e. The highest BCUT2D eigenvalue weighted by atomic mass is 35.5. The van der Waals surface area contributed by atoms with Gasteiger partial charge in [0.2, 0.25) is 10.0 Å². The Kier molecular flexibility index (Phi) is 5.17. The lowest BCUT2D eigenvalue weighted by Crippen LogP contribution is -2.29. The van der Waals surface area contributed by atoms with E-state index in [4.69, 9.17) is 37.4 Å². The monoisotopic (exact) mass is 471 g/mol. The standard InChI is InChI=1S/C19H15Cl2NO7S/c1-22(2)30(25,26)13-8-9-7-12(27-16(9)15(21)14(13)20)18(24)29-19-11-6-4-3-5-10(11)17(23)28-19/h3-6,8,12,19H,7H2,1-2H3. The summed E-state index contributed by atoms with van der Waals surface area (Å²) in [7, 11) is -1.13. The highest BCUT2D eigenvalue weighted by Gasteiger charge is 2.39. The third kappa shape index (κ3) is 3.31. The first-order chi connectivity index (χ1) is 14.1. The van der Waals surface area contributed by atoms with E-state index in [1.165, 1.54) is 20.2 Å². The lowest BCUT2D eigenvalue weighted by atomic mass is 10.1. The topological polar surface area (TPSA) is 99.2 Å². The van der Waals surface area contributed by atoms with Gasteiger partial charge in [0.1, 0.15) is 15.7 Å². The zero-order valence-electron chi connectivity index (χ0n) is 15.7. The van der Waals surface area contributed by atoms with Crippen molar-refractivity contribution < 1.29 is 32.2 Å². The summed E-state index contributed by atoms with van der Waals surface area (Å²) < 4.78 is 42.0. The predicted octanol–water partition coefficient (Wildman–Crippen LogP) is 2.96. The number of ether oxygens (including phenoxy) is 3. The van der Waals surface area contributed by atoms with E-state index in [0.29, 0.717) is 16.7 Å². The van der Waals surface area contributed by atoms with Gasteiger partial charge in [-0.2, -0.15) is 0 Å². The van der Waals surface area contributed by atoms with E-state index >= 15 is 0 Å². The molecular formula is C19H15Cl2NO7S. The Hall–Kier alpha value is -2.33. The lowest BCUT2D eigenvalue weighted by Gasteiger charge is -2.16. The summed E-state index contributed by atoms with van der Waals surface area (Å²) in [4.78, 5) is 24.3. The summed E-state index contributed by atoms with van der Waals surface area (Å²) in [5.74, 6) is -1.26. The number of sulfonamides is 1. The number of carbonyl (C=O) groups excluding carboxylic acids is 2. The van der Waals surface area contributed by atoms with Gasteiger partial charge in [0.15, 0.2) is 6.10 Å². The molecule has 0 saturated carbocycles. The molecule has 2 atom stereocenters. The fourth-order valence-electron chi connectivity index (χ4n) is 3.20. The van der Waals surface area contributed by atoms with Crippen LogP contribution in [0, 0.1) is 0 Å². The van der Waals surface area contributed by atoms with E-state index < -0.39 is 34.4 Å². The number of cyclic esters (lactones) is 1. The van der Waals surface area contributed by atoms with Crippen molar-refractivity contribution >= 4 is 45.2 Å². The van der Waals surface area contributed by atoms with E-state index in [1.807, 2.05) is 0 Å². The fraction of sp³-hybridized carbons (Fsp3) is 0.263. The van der Waals surface area contributed by atoms with Crippen molar-refractivity contribution in [3.63, 3.8) is 0 Å². The molecule has 0 fully saturated rings. The molecule has 2 unspecified atom stereocenters. The summed E-state index contributed by atoms with van der Waals surface area (Å²) in [5.41, 5.74) is 1.15. The molecule has 8 nitrogen and oxygen atoms in total. The Bertz CT molecular complexity index is 1180. The molecule has 0 aliphatic carbocycles. The van der Waals surface area contributed by atoms with E-state index in [-0.39, 0.29) is 27.1 Å². The molecule has 2 aromatic carbocycles. The second-order valence-corrected chi connectivity index (χ2v) is 9.73. The second kappa shape index (κ2) is 7.42. The molecule has 0 bridgehead atoms. The van der Waals surface area contributed by atoms with E-state index in [9.17, 15) is 18.0 Å². The number of esters is 2. The van der Waals surface area contributed by atoms with Crippen LogP contribution < -0.4 is 4.74 Å². The van der Waals surface area contributed by atoms with Crippen LogP contribution in [0.15, 0.2) is 35.2 Å². The molecule has 2 aromatic rings. The highest BCUT2D eigenvalue weighted by Crippen LogP contribution is 2.44. The normalized spacial score (nSPS) is 19.8. The summed E-state index contributed by atoms with van der Waals surface area (Å²) in [6.07, 6.45) is -2.27. The smallest absolute Gasteiger partial charge is 0.351 e. The molecule has 0 spiro atoms. The minimum absolute atomic E-state index is 0.0172. The molecule has 0 aromatic heterocycles. The fourth-order valence-corrected chi connectivity index (χ4v) is 4.97. The van der Waals surface area contributed by atoms with Gasteiger partial charge in [-0.3, -0.25) is 0 Å². The Morgan fingerprint density at radius 1 is 1.17 bits per heavy atom. The van der Waals surface area contributed by atoms with Crippen LogP contribution in [0.2, 0.25) is 10.0 Å². The predicted molar refractivity (Wildman–Crippen MR) is 106 cm³/mol. The quantitative estimate of drug-likeness (QED) is 0.631. The number of nitrogens with zero attached hydrogens (tertiary/aromatic N) is 1. The van der Waals surface area contributed by atoms with Crippen molar-refractivity contribution in [3.8, 4) is 5.75 Å². The van der Waals surface area contributed by atoms with Gasteiger partial charge in [-0.05, 0) is 12.1 Å². The van der Waals surface area contributed by atoms with Crippen molar-refractivity contribution in [2.45, 2.75) is 23.7 Å². The average Bonchev–Trinajstić information content (AvgIpc) is 3.27. The van der Waals surface area contributed by atoms with Crippen molar-refractivity contribution in [1.82, 2.24) is 4.31 Å². The van der Waals surface area contributed by atoms with Crippen LogP contribution >= 0.6 is 23.2 Å². The number of hydrogen-bond acceptors (Lipinski definition) is 7. The second-order valence-electron chi connectivity index (χ2n) is 6.85. The zero-order chi connectivity index (χ0) is 21.8. The number of carbonyl (C=O) groups is 2. The maximum absolute atomic E-state index is 12.6. The number of halogens is 2. The van der Waals surface area contributed by atoms with Crippen LogP contribution in [-0.4, -0.2) is 44.9 Å². The van der Waals surface area contributed by atoms with Crippen molar-refractivity contribution in [1.29, 1.82) is 0 Å². The third-order valence-electron chi connectivity index (χ3n) is 4.76. The summed E-state index contributed by atoms with van der Waals surface area (Å²) in [6.45, 7) is 0. The van der Waals surface area contributed by atoms with Gasteiger partial charge in [0.05, 0.1) is 10.6 Å². The highest BCUT2D eigenvalue weighted by molar-refractivity contribution is 7.89. The summed E-state index contributed by atoms with van der Waals surface area (Å²) in [5, 5.41) is -0.306. The first-order valence-electron chi connectivity index (χ1n) is 8.71. The molecule has 4 rings (SSSR count). The van der Waals surface area contributed by atoms with Crippen LogP contribution in [0.25, 0.3) is 0 Å². The van der Waals surface area contributed by atoms with Gasteiger partial charge < -0.3 is 14.2 Å². The van der Waals surface area contributed by atoms with Crippen LogP contribution in [0.1, 0.15) is 27.8 Å². The first-order valence-corrected chi connectivity index (χ1v) is 10.9. The molecular weight excluding hydrogens is 457 g/mol. The summed E-state index contributed by atoms with van der Waals surface area (Å²) in [6, 6.07) is 7.89. The van der Waals surface area contributed by atoms with Gasteiger partial charge in [0.25, 0.3) is 6.29 Å². The Labute approximate surface area is 182 Å². The van der Waals surface area contributed by atoms with Crippen LogP contribution in [0.5, 0.6) is 5.75 Å². The van der Waals surface area contributed by atoms with Crippen molar-refractivity contribution in [3.05, 3.63) is 57.1 Å². The van der Waals surface area contributed by atoms with Gasteiger partial charge in [-0.15, -0.1) is 0 Å². The number of hydrogen-bond donors (Lipinski definition) is 0. The minimum atomic E-state index is -3.86. The van der Waals surface area contributed by atoms with Gasteiger partial charge in [-0.25, -0.2) is 22.3 Å². The Morgan fingerprint density at radius 3 is 2.57 bits per heavy atom. The molecule has 2 aliphatic rings. The first kappa shape index (κ1) is 20.9. The number of rotatable bonds is 4. The molecule has 0 amide bonds. The maximum Gasteiger partial charge on any atom is 0.351 e. The van der Waals surface area contributed by atoms with E-state index in [1.54, 1.807) is 24.3 Å². The van der Waals surface area contributed by atoms with E-state index in [2.05, 4.69) is 0 Å². The van der Waals surface area contributed by atoms with Gasteiger partial charge >= 0.3 is 11.9 Å². The maximum atomic E-state index is 12.6. The Morgan fingerprint density at radius 2 is 1.87 bits per heavy atom. The average molecular weight is 472 g/mol. The van der Waals surface area contributed by atoms with Gasteiger partial charge in [-0.1, -0.05) is 41.4 Å². The Balaban J connectivity index is 1.57. The molecule has 30 heavy (non-hydrogen) atoms. The van der Waals surface area contributed by atoms with Crippen LogP contribution in [0.3, 0.4) is 0 Å². The van der Waals surface area contributed by atoms with Crippen LogP contribution in [0.4, 0.5) is 0 Å². The lowest BCUT2D eigenvalue weighted by molar-refractivity contribution is -0.175. The molecule has 2 heterocycles. The third-order valence-corrected chi connectivity index (χ3v) is 7.57. The van der Waals surface area contributed by atoms with E-state index in [0.717, 1.165) is 4.31 Å². The largest absolute Gasteiger partial charge is 0.476 e. The van der Waals surface area contributed by atoms with Gasteiger partial charge in [0, 0.05) is 31.6 Å². The molecule has 11 heteroatoms. The summed E-state index contributed by atoms with van der Waals surface area (Å²) >= 11 is 12.4.